The molecule has 184 valence electrons. The molecule has 0 atom stereocenters. The Morgan fingerprint density at radius 1 is 0.971 bits per heavy atom. The number of ether oxygens (including phenoxy) is 3. The maximum atomic E-state index is 13.2. The fourth-order valence-electron chi connectivity index (χ4n) is 4.38. The molecule has 2 aliphatic heterocycles. The largest absolute Gasteiger partial charge is 0.493 e. The van der Waals surface area contributed by atoms with Crippen LogP contribution in [0, 0.1) is 5.92 Å². The maximum Gasteiger partial charge on any atom is 0.243 e. The molecule has 9 nitrogen and oxygen atoms in total. The van der Waals surface area contributed by atoms with E-state index in [1.807, 2.05) is 24.3 Å². The summed E-state index contributed by atoms with van der Waals surface area (Å²) in [5.41, 5.74) is 1.75. The highest BCUT2D eigenvalue weighted by molar-refractivity contribution is 7.89. The first-order valence-electron chi connectivity index (χ1n) is 11.4. The van der Waals surface area contributed by atoms with Gasteiger partial charge in [-0.15, -0.1) is 0 Å². The van der Waals surface area contributed by atoms with Crippen molar-refractivity contribution in [2.75, 3.05) is 63.8 Å². The average Bonchev–Trinajstić information content (AvgIpc) is 2.89. The number of piperidine rings is 1. The van der Waals surface area contributed by atoms with E-state index in [4.69, 9.17) is 14.2 Å². The minimum Gasteiger partial charge on any atom is -0.493 e. The summed E-state index contributed by atoms with van der Waals surface area (Å²) in [5, 5.41) is 3.07. The lowest BCUT2D eigenvalue weighted by molar-refractivity contribution is -0.120. The van der Waals surface area contributed by atoms with Crippen molar-refractivity contribution in [1.29, 1.82) is 0 Å². The van der Waals surface area contributed by atoms with E-state index in [0.717, 1.165) is 24.5 Å². The summed E-state index contributed by atoms with van der Waals surface area (Å²) >= 11 is 0. The number of hydrogen-bond donors (Lipinski definition) is 1. The van der Waals surface area contributed by atoms with Crippen molar-refractivity contribution in [2.45, 2.75) is 17.7 Å². The lowest BCUT2D eigenvalue weighted by Gasteiger charge is -2.32. The summed E-state index contributed by atoms with van der Waals surface area (Å²) in [7, 11) is -0.732. The SMILES string of the molecule is COc1ccc(S(=O)(=O)N2CCC(C(=O)Nc3ccccc3N3CCOCC3)CC2)cc1OC. The van der Waals surface area contributed by atoms with Crippen molar-refractivity contribution in [1.82, 2.24) is 4.31 Å². The molecular weight excluding hydrogens is 458 g/mol. The number of morpholine rings is 1. The Bertz CT molecular complexity index is 1110. The monoisotopic (exact) mass is 489 g/mol. The third-order valence-electron chi connectivity index (χ3n) is 6.33. The standard InChI is InChI=1S/C24H31N3O6S/c1-31-22-8-7-19(17-23(22)32-2)34(29,30)27-11-9-18(10-12-27)24(28)25-20-5-3-4-6-21(20)26-13-15-33-16-14-26/h3-8,17-18H,9-16H2,1-2H3,(H,25,28). The van der Waals surface area contributed by atoms with Crippen molar-refractivity contribution in [3.8, 4) is 11.5 Å². The summed E-state index contributed by atoms with van der Waals surface area (Å²) in [6, 6.07) is 12.3. The predicted molar refractivity (Wildman–Crippen MR) is 129 cm³/mol. The van der Waals surface area contributed by atoms with Gasteiger partial charge in [-0.3, -0.25) is 4.79 Å². The zero-order valence-corrected chi connectivity index (χ0v) is 20.3. The van der Waals surface area contributed by atoms with Crippen LogP contribution < -0.4 is 19.7 Å². The van der Waals surface area contributed by atoms with Crippen molar-refractivity contribution in [2.24, 2.45) is 5.92 Å². The van der Waals surface area contributed by atoms with Gasteiger partial charge >= 0.3 is 0 Å². The molecule has 2 saturated heterocycles. The number of nitrogens with one attached hydrogen (secondary N) is 1. The number of para-hydroxylation sites is 2. The smallest absolute Gasteiger partial charge is 0.243 e. The minimum atomic E-state index is -3.70. The summed E-state index contributed by atoms with van der Waals surface area (Å²) in [5.74, 6) is 0.490. The number of nitrogens with zero attached hydrogens (tertiary/aromatic N) is 2. The maximum absolute atomic E-state index is 13.2. The summed E-state index contributed by atoms with van der Waals surface area (Å²) < 4.78 is 43.6. The number of methoxy groups -OCH3 is 2. The van der Waals surface area contributed by atoms with Crippen LogP contribution in [0.4, 0.5) is 11.4 Å². The first-order chi connectivity index (χ1) is 16.4. The van der Waals surface area contributed by atoms with Crippen LogP contribution in [-0.2, 0) is 19.6 Å². The molecule has 1 amide bonds. The van der Waals surface area contributed by atoms with Gasteiger partial charge in [0.25, 0.3) is 0 Å². The molecule has 2 aromatic carbocycles. The normalized spacial score (nSPS) is 17.9. The molecule has 0 spiro atoms. The van der Waals surface area contributed by atoms with Crippen molar-refractivity contribution >= 4 is 27.3 Å². The van der Waals surface area contributed by atoms with E-state index in [-0.39, 0.29) is 29.8 Å². The van der Waals surface area contributed by atoms with Gasteiger partial charge in [-0.2, -0.15) is 4.31 Å². The van der Waals surface area contributed by atoms with Crippen LogP contribution >= 0.6 is 0 Å². The van der Waals surface area contributed by atoms with E-state index in [1.54, 1.807) is 6.07 Å². The van der Waals surface area contributed by atoms with Crippen LogP contribution in [-0.4, -0.2) is 72.2 Å². The number of anilines is 2. The fourth-order valence-corrected chi connectivity index (χ4v) is 5.86. The predicted octanol–water partition coefficient (Wildman–Crippen LogP) is 2.58. The third-order valence-corrected chi connectivity index (χ3v) is 8.23. The topological polar surface area (TPSA) is 97.4 Å². The first-order valence-corrected chi connectivity index (χ1v) is 12.8. The molecule has 0 saturated carbocycles. The molecule has 10 heteroatoms. The molecule has 34 heavy (non-hydrogen) atoms. The second-order valence-corrected chi connectivity index (χ2v) is 10.2. The van der Waals surface area contributed by atoms with Gasteiger partial charge in [0.2, 0.25) is 15.9 Å². The molecule has 0 radical (unpaired) electrons. The van der Waals surface area contributed by atoms with Crippen LogP contribution in [0.25, 0.3) is 0 Å². The first kappa shape index (κ1) is 24.3. The average molecular weight is 490 g/mol. The van der Waals surface area contributed by atoms with Gasteiger partial charge in [-0.05, 0) is 37.1 Å². The number of amides is 1. The zero-order valence-electron chi connectivity index (χ0n) is 19.5. The summed E-state index contributed by atoms with van der Waals surface area (Å²) in [6.45, 7) is 3.43. The number of carbonyl (C=O) groups excluding carboxylic acids is 1. The number of benzene rings is 2. The van der Waals surface area contributed by atoms with E-state index in [1.165, 1.54) is 30.7 Å². The Hall–Kier alpha value is -2.82. The molecule has 2 aromatic rings. The molecule has 2 fully saturated rings. The molecule has 2 aliphatic rings. The van der Waals surface area contributed by atoms with Gasteiger partial charge in [0.05, 0.1) is 43.7 Å². The molecule has 1 N–H and O–H groups in total. The lowest BCUT2D eigenvalue weighted by atomic mass is 9.97. The highest BCUT2D eigenvalue weighted by Gasteiger charge is 2.33. The Labute approximate surface area is 200 Å². The molecule has 0 aromatic heterocycles. The van der Waals surface area contributed by atoms with Gasteiger partial charge in [-0.1, -0.05) is 12.1 Å². The third kappa shape index (κ3) is 5.13. The zero-order chi connectivity index (χ0) is 24.1. The van der Waals surface area contributed by atoms with Crippen LogP contribution in [0.1, 0.15) is 12.8 Å². The van der Waals surface area contributed by atoms with E-state index < -0.39 is 10.0 Å². The molecule has 0 bridgehead atoms. The second kappa shape index (κ2) is 10.6. The molecule has 4 rings (SSSR count). The van der Waals surface area contributed by atoms with Gasteiger partial charge in [0, 0.05) is 38.2 Å². The lowest BCUT2D eigenvalue weighted by Crippen LogP contribution is -2.41. The Kier molecular flexibility index (Phi) is 7.60. The van der Waals surface area contributed by atoms with Crippen molar-refractivity contribution < 1.29 is 27.4 Å². The van der Waals surface area contributed by atoms with Crippen molar-refractivity contribution in [3.63, 3.8) is 0 Å². The molecular formula is C24H31N3O6S. The van der Waals surface area contributed by atoms with Gasteiger partial charge in [0.1, 0.15) is 0 Å². The van der Waals surface area contributed by atoms with Crippen LogP contribution in [0.5, 0.6) is 11.5 Å². The quantitative estimate of drug-likeness (QED) is 0.638. The number of sulfonamides is 1. The van der Waals surface area contributed by atoms with Crippen LogP contribution in [0.3, 0.4) is 0 Å². The van der Waals surface area contributed by atoms with Crippen molar-refractivity contribution in [3.05, 3.63) is 42.5 Å². The Morgan fingerprint density at radius 3 is 2.32 bits per heavy atom. The Morgan fingerprint density at radius 2 is 1.65 bits per heavy atom. The van der Waals surface area contributed by atoms with E-state index in [9.17, 15) is 13.2 Å². The van der Waals surface area contributed by atoms with Crippen LogP contribution in [0.2, 0.25) is 0 Å². The number of hydrogen-bond acceptors (Lipinski definition) is 7. The molecule has 2 heterocycles. The van der Waals surface area contributed by atoms with E-state index >= 15 is 0 Å². The number of carbonyl (C=O) groups is 1. The van der Waals surface area contributed by atoms with Gasteiger partial charge < -0.3 is 24.4 Å². The Balaban J connectivity index is 1.40. The highest BCUT2D eigenvalue weighted by atomic mass is 32.2. The second-order valence-electron chi connectivity index (χ2n) is 8.30. The molecule has 0 unspecified atom stereocenters. The molecule has 0 aliphatic carbocycles. The highest BCUT2D eigenvalue weighted by Crippen LogP contribution is 2.33. The van der Waals surface area contributed by atoms with Gasteiger partial charge in [-0.25, -0.2) is 8.42 Å². The van der Waals surface area contributed by atoms with E-state index in [0.29, 0.717) is 37.6 Å². The van der Waals surface area contributed by atoms with Crippen LogP contribution in [0.15, 0.2) is 47.4 Å². The van der Waals surface area contributed by atoms with Gasteiger partial charge in [0.15, 0.2) is 11.5 Å². The summed E-state index contributed by atoms with van der Waals surface area (Å²) in [4.78, 5) is 15.4. The van der Waals surface area contributed by atoms with E-state index in [2.05, 4.69) is 10.2 Å². The minimum absolute atomic E-state index is 0.0797. The number of rotatable bonds is 7. The summed E-state index contributed by atoms with van der Waals surface area (Å²) in [6.07, 6.45) is 0.913. The fraction of sp³-hybridized carbons (Fsp3) is 0.458.